The van der Waals surface area contributed by atoms with Crippen molar-refractivity contribution in [3.05, 3.63) is 54.4 Å². The fourth-order valence-corrected chi connectivity index (χ4v) is 1.83. The second kappa shape index (κ2) is 6.70. The van der Waals surface area contributed by atoms with E-state index in [-0.39, 0.29) is 11.9 Å². The number of aromatic nitrogens is 2. The molecular weight excluding hydrogens is 240 g/mol. The van der Waals surface area contributed by atoms with Gasteiger partial charge in [-0.05, 0) is 11.6 Å². The minimum Gasteiger partial charge on any atom is -0.354 e. The molecule has 0 spiro atoms. The molecule has 5 heteroatoms. The Morgan fingerprint density at radius 3 is 2.79 bits per heavy atom. The molecule has 1 amide bonds. The van der Waals surface area contributed by atoms with Crippen molar-refractivity contribution < 1.29 is 4.79 Å². The number of amides is 1. The van der Waals surface area contributed by atoms with Crippen molar-refractivity contribution in [1.82, 2.24) is 15.1 Å². The number of nitrogens with two attached hydrogens (primary N) is 1. The minimum atomic E-state index is -0.258. The Kier molecular flexibility index (Phi) is 4.69. The highest BCUT2D eigenvalue weighted by molar-refractivity contribution is 5.76. The summed E-state index contributed by atoms with van der Waals surface area (Å²) in [6.07, 6.45) is 3.87. The third-order valence-corrected chi connectivity index (χ3v) is 2.86. The Hall–Kier alpha value is -2.14. The molecule has 19 heavy (non-hydrogen) atoms. The molecule has 5 nitrogen and oxygen atoms in total. The highest BCUT2D eigenvalue weighted by Crippen LogP contribution is 2.12. The largest absolute Gasteiger partial charge is 0.354 e. The predicted molar refractivity (Wildman–Crippen MR) is 73.2 cm³/mol. The van der Waals surface area contributed by atoms with Crippen molar-refractivity contribution in [2.45, 2.75) is 19.0 Å². The lowest BCUT2D eigenvalue weighted by Crippen LogP contribution is -2.30. The number of hydrogen-bond donors (Lipinski definition) is 2. The molecule has 1 atom stereocenters. The van der Waals surface area contributed by atoms with Gasteiger partial charge in [-0.15, -0.1) is 0 Å². The van der Waals surface area contributed by atoms with Crippen LogP contribution >= 0.6 is 0 Å². The second-order valence-corrected chi connectivity index (χ2v) is 4.34. The van der Waals surface area contributed by atoms with E-state index in [0.29, 0.717) is 19.5 Å². The van der Waals surface area contributed by atoms with Crippen molar-refractivity contribution >= 4 is 5.91 Å². The lowest BCUT2D eigenvalue weighted by molar-refractivity contribution is -0.121. The molecular formula is C14H18N4O. The van der Waals surface area contributed by atoms with Gasteiger partial charge in [0.2, 0.25) is 5.91 Å². The normalized spacial score (nSPS) is 12.1. The first-order valence-corrected chi connectivity index (χ1v) is 6.30. The van der Waals surface area contributed by atoms with Crippen LogP contribution in [0.15, 0.2) is 48.8 Å². The van der Waals surface area contributed by atoms with Gasteiger partial charge in [0.05, 0.1) is 6.54 Å². The molecule has 0 saturated carbocycles. The summed E-state index contributed by atoms with van der Waals surface area (Å²) in [4.78, 5) is 11.7. The van der Waals surface area contributed by atoms with Gasteiger partial charge in [-0.25, -0.2) is 0 Å². The average Bonchev–Trinajstić information content (AvgIpc) is 2.93. The minimum absolute atomic E-state index is 0.0384. The standard InChI is InChI=1S/C14H18N4O/c15-13(12-5-2-1-3-6-12)11-14(19)16-8-10-18-9-4-7-17-18/h1-7,9,13H,8,10-11,15H2,(H,16,19). The van der Waals surface area contributed by atoms with E-state index in [1.165, 1.54) is 0 Å². The van der Waals surface area contributed by atoms with Crippen LogP contribution in [0.4, 0.5) is 0 Å². The quantitative estimate of drug-likeness (QED) is 0.814. The van der Waals surface area contributed by atoms with Gasteiger partial charge < -0.3 is 11.1 Å². The summed E-state index contributed by atoms with van der Waals surface area (Å²) in [7, 11) is 0. The third kappa shape index (κ3) is 4.22. The Morgan fingerprint density at radius 2 is 2.11 bits per heavy atom. The lowest BCUT2D eigenvalue weighted by Gasteiger charge is -2.12. The van der Waals surface area contributed by atoms with E-state index in [9.17, 15) is 4.79 Å². The first kappa shape index (κ1) is 13.3. The van der Waals surface area contributed by atoms with Crippen LogP contribution in [0.25, 0.3) is 0 Å². The summed E-state index contributed by atoms with van der Waals surface area (Å²) in [5.41, 5.74) is 6.96. The van der Waals surface area contributed by atoms with Crippen molar-refractivity contribution in [2.75, 3.05) is 6.54 Å². The number of carbonyl (C=O) groups excluding carboxylic acids is 1. The summed E-state index contributed by atoms with van der Waals surface area (Å²) in [5, 5.41) is 6.90. The number of rotatable bonds is 6. The Balaban J connectivity index is 1.72. The molecule has 0 aliphatic rings. The molecule has 0 saturated heterocycles. The first-order chi connectivity index (χ1) is 9.25. The highest BCUT2D eigenvalue weighted by atomic mass is 16.1. The van der Waals surface area contributed by atoms with Gasteiger partial charge in [0.15, 0.2) is 0 Å². The average molecular weight is 258 g/mol. The van der Waals surface area contributed by atoms with Crippen LogP contribution in [0.5, 0.6) is 0 Å². The van der Waals surface area contributed by atoms with E-state index in [1.807, 2.05) is 42.6 Å². The number of carbonyl (C=O) groups is 1. The van der Waals surface area contributed by atoms with Crippen LogP contribution in [-0.4, -0.2) is 22.2 Å². The van der Waals surface area contributed by atoms with E-state index in [0.717, 1.165) is 5.56 Å². The van der Waals surface area contributed by atoms with E-state index < -0.39 is 0 Å². The monoisotopic (exact) mass is 258 g/mol. The molecule has 0 fully saturated rings. The fraction of sp³-hybridized carbons (Fsp3) is 0.286. The summed E-state index contributed by atoms with van der Waals surface area (Å²) in [6, 6.07) is 11.2. The summed E-state index contributed by atoms with van der Waals surface area (Å²) >= 11 is 0. The van der Waals surface area contributed by atoms with Gasteiger partial charge in [0.25, 0.3) is 0 Å². The molecule has 1 aromatic heterocycles. The van der Waals surface area contributed by atoms with Crippen LogP contribution in [0.2, 0.25) is 0 Å². The predicted octanol–water partition coefficient (Wildman–Crippen LogP) is 1.09. The zero-order chi connectivity index (χ0) is 13.5. The van der Waals surface area contributed by atoms with Gasteiger partial charge in [0, 0.05) is 31.4 Å². The number of nitrogens with one attached hydrogen (secondary N) is 1. The van der Waals surface area contributed by atoms with Crippen LogP contribution in [0, 0.1) is 0 Å². The van der Waals surface area contributed by atoms with E-state index in [4.69, 9.17) is 5.73 Å². The summed E-state index contributed by atoms with van der Waals surface area (Å²) < 4.78 is 1.78. The number of benzene rings is 1. The Morgan fingerprint density at radius 1 is 1.32 bits per heavy atom. The molecule has 0 bridgehead atoms. The molecule has 0 aliphatic heterocycles. The van der Waals surface area contributed by atoms with E-state index in [2.05, 4.69) is 10.4 Å². The van der Waals surface area contributed by atoms with Gasteiger partial charge in [0.1, 0.15) is 0 Å². The first-order valence-electron chi connectivity index (χ1n) is 6.30. The van der Waals surface area contributed by atoms with Crippen LogP contribution < -0.4 is 11.1 Å². The van der Waals surface area contributed by atoms with Crippen molar-refractivity contribution in [3.8, 4) is 0 Å². The molecule has 0 radical (unpaired) electrons. The summed E-state index contributed by atoms with van der Waals surface area (Å²) in [5.74, 6) is -0.0384. The van der Waals surface area contributed by atoms with Gasteiger partial charge in [-0.1, -0.05) is 30.3 Å². The van der Waals surface area contributed by atoms with E-state index in [1.54, 1.807) is 10.9 Å². The van der Waals surface area contributed by atoms with Crippen molar-refractivity contribution in [3.63, 3.8) is 0 Å². The topological polar surface area (TPSA) is 72.9 Å². The molecule has 2 aromatic rings. The maximum absolute atomic E-state index is 11.7. The van der Waals surface area contributed by atoms with Crippen molar-refractivity contribution in [2.24, 2.45) is 5.73 Å². The maximum Gasteiger partial charge on any atom is 0.221 e. The fourth-order valence-electron chi connectivity index (χ4n) is 1.83. The number of nitrogens with zero attached hydrogens (tertiary/aromatic N) is 2. The van der Waals surface area contributed by atoms with Crippen LogP contribution in [0.3, 0.4) is 0 Å². The molecule has 1 unspecified atom stereocenters. The SMILES string of the molecule is NC(CC(=O)NCCn1cccn1)c1ccccc1. The van der Waals surface area contributed by atoms with Crippen molar-refractivity contribution in [1.29, 1.82) is 0 Å². The Labute approximate surface area is 112 Å². The molecule has 100 valence electrons. The molecule has 1 aromatic carbocycles. The zero-order valence-electron chi connectivity index (χ0n) is 10.7. The van der Waals surface area contributed by atoms with Crippen LogP contribution in [-0.2, 0) is 11.3 Å². The lowest BCUT2D eigenvalue weighted by atomic mass is 10.0. The molecule has 2 rings (SSSR count). The van der Waals surface area contributed by atoms with Crippen LogP contribution in [0.1, 0.15) is 18.0 Å². The highest BCUT2D eigenvalue weighted by Gasteiger charge is 2.10. The van der Waals surface area contributed by atoms with Gasteiger partial charge in [-0.3, -0.25) is 9.48 Å². The number of hydrogen-bond acceptors (Lipinski definition) is 3. The smallest absolute Gasteiger partial charge is 0.221 e. The molecule has 1 heterocycles. The molecule has 0 aliphatic carbocycles. The third-order valence-electron chi connectivity index (χ3n) is 2.86. The summed E-state index contributed by atoms with van der Waals surface area (Å²) in [6.45, 7) is 1.22. The zero-order valence-corrected chi connectivity index (χ0v) is 10.7. The second-order valence-electron chi connectivity index (χ2n) is 4.34. The van der Waals surface area contributed by atoms with Gasteiger partial charge in [-0.2, -0.15) is 5.10 Å². The van der Waals surface area contributed by atoms with E-state index >= 15 is 0 Å². The maximum atomic E-state index is 11.7. The Bertz CT molecular complexity index is 495. The van der Waals surface area contributed by atoms with Gasteiger partial charge >= 0.3 is 0 Å². The molecule has 3 N–H and O–H groups in total.